The summed E-state index contributed by atoms with van der Waals surface area (Å²) in [5.74, 6) is -0.160. The lowest BCUT2D eigenvalue weighted by atomic mass is 10.2. The van der Waals surface area contributed by atoms with Crippen molar-refractivity contribution in [2.24, 2.45) is 0 Å². The molecule has 0 saturated heterocycles. The molecule has 0 N–H and O–H groups in total. The highest BCUT2D eigenvalue weighted by atomic mass is 19.1. The number of halogens is 1. The molecule has 78 valence electrons. The second-order valence-corrected chi connectivity index (χ2v) is 3.25. The highest BCUT2D eigenvalue weighted by molar-refractivity contribution is 5.49. The maximum atomic E-state index is 13.5. The Balaban J connectivity index is 2.64. The summed E-state index contributed by atoms with van der Waals surface area (Å²) in [6.45, 7) is 1.83. The third kappa shape index (κ3) is 1.70. The summed E-state index contributed by atoms with van der Waals surface area (Å²) in [4.78, 5) is 0. The topological polar surface area (TPSA) is 27.1 Å². The van der Waals surface area contributed by atoms with Gasteiger partial charge in [0.15, 0.2) is 11.6 Å². The first-order chi connectivity index (χ1) is 7.22. The number of ether oxygens (including phenoxy) is 1. The molecular weight excluding hydrogens is 195 g/mol. The van der Waals surface area contributed by atoms with Gasteiger partial charge in [0.05, 0.1) is 7.11 Å². The molecule has 0 saturated carbocycles. The van der Waals surface area contributed by atoms with E-state index in [4.69, 9.17) is 4.74 Å². The molecular formula is C11H11FN2O. The Bertz CT molecular complexity index is 466. The number of aryl methyl sites for hydroxylation is 1. The molecule has 4 heteroatoms. The van der Waals surface area contributed by atoms with Crippen molar-refractivity contribution < 1.29 is 9.13 Å². The predicted molar refractivity (Wildman–Crippen MR) is 54.8 cm³/mol. The summed E-state index contributed by atoms with van der Waals surface area (Å²) in [5.41, 5.74) is 1.44. The second-order valence-electron chi connectivity index (χ2n) is 3.25. The van der Waals surface area contributed by atoms with Gasteiger partial charge in [-0.25, -0.2) is 9.07 Å². The quantitative estimate of drug-likeness (QED) is 0.754. The molecule has 1 aromatic carbocycles. The van der Waals surface area contributed by atoms with Gasteiger partial charge >= 0.3 is 0 Å². The maximum absolute atomic E-state index is 13.5. The minimum atomic E-state index is -0.372. The third-order valence-corrected chi connectivity index (χ3v) is 2.12. The monoisotopic (exact) mass is 206 g/mol. The molecule has 1 heterocycles. The number of benzene rings is 1. The zero-order valence-corrected chi connectivity index (χ0v) is 8.57. The zero-order valence-electron chi connectivity index (χ0n) is 8.57. The van der Waals surface area contributed by atoms with Gasteiger partial charge < -0.3 is 4.74 Å². The summed E-state index contributed by atoms with van der Waals surface area (Å²) < 4.78 is 20.1. The van der Waals surface area contributed by atoms with Gasteiger partial charge in [0.1, 0.15) is 5.69 Å². The average Bonchev–Trinajstić information content (AvgIpc) is 2.69. The normalized spacial score (nSPS) is 10.3. The van der Waals surface area contributed by atoms with Gasteiger partial charge in [-0.2, -0.15) is 5.10 Å². The van der Waals surface area contributed by atoms with Crippen LogP contribution >= 0.6 is 0 Å². The van der Waals surface area contributed by atoms with E-state index in [1.54, 1.807) is 23.1 Å². The molecule has 3 nitrogen and oxygen atoms in total. The van der Waals surface area contributed by atoms with E-state index >= 15 is 0 Å². The van der Waals surface area contributed by atoms with Crippen LogP contribution in [-0.2, 0) is 0 Å². The number of methoxy groups -OCH3 is 1. The lowest BCUT2D eigenvalue weighted by Gasteiger charge is -2.10. The van der Waals surface area contributed by atoms with Gasteiger partial charge in [-0.1, -0.05) is 0 Å². The molecule has 0 spiro atoms. The van der Waals surface area contributed by atoms with E-state index in [1.165, 1.54) is 13.2 Å². The molecule has 1 aromatic heterocycles. The molecule has 0 aliphatic rings. The van der Waals surface area contributed by atoms with E-state index in [0.717, 1.165) is 5.56 Å². The van der Waals surface area contributed by atoms with Crippen LogP contribution in [0.15, 0.2) is 30.6 Å². The molecule has 0 unspecified atom stereocenters. The zero-order chi connectivity index (χ0) is 10.8. The van der Waals surface area contributed by atoms with Crippen molar-refractivity contribution in [1.82, 2.24) is 9.78 Å². The third-order valence-electron chi connectivity index (χ3n) is 2.12. The minimum Gasteiger partial charge on any atom is -0.492 e. The number of hydrogen-bond donors (Lipinski definition) is 0. The van der Waals surface area contributed by atoms with Crippen molar-refractivity contribution in [1.29, 1.82) is 0 Å². The molecule has 0 aliphatic heterocycles. The molecule has 15 heavy (non-hydrogen) atoms. The van der Waals surface area contributed by atoms with Crippen LogP contribution in [0.4, 0.5) is 4.39 Å². The number of hydrogen-bond acceptors (Lipinski definition) is 2. The van der Waals surface area contributed by atoms with Crippen molar-refractivity contribution >= 4 is 0 Å². The fourth-order valence-corrected chi connectivity index (χ4v) is 1.49. The van der Waals surface area contributed by atoms with E-state index in [2.05, 4.69) is 5.10 Å². The van der Waals surface area contributed by atoms with Crippen molar-refractivity contribution in [3.8, 4) is 11.4 Å². The molecule has 2 rings (SSSR count). The minimum absolute atomic E-state index is 0.212. The molecule has 0 fully saturated rings. The van der Waals surface area contributed by atoms with Crippen LogP contribution in [0.25, 0.3) is 5.69 Å². The largest absolute Gasteiger partial charge is 0.492 e. The van der Waals surface area contributed by atoms with E-state index in [0.29, 0.717) is 5.69 Å². The predicted octanol–water partition coefficient (Wildman–Crippen LogP) is 2.33. The van der Waals surface area contributed by atoms with E-state index in [1.807, 2.05) is 13.0 Å². The highest BCUT2D eigenvalue weighted by Gasteiger charge is 2.11. The van der Waals surface area contributed by atoms with Crippen LogP contribution in [0.1, 0.15) is 5.56 Å². The summed E-state index contributed by atoms with van der Waals surface area (Å²) in [7, 11) is 1.45. The summed E-state index contributed by atoms with van der Waals surface area (Å²) >= 11 is 0. The van der Waals surface area contributed by atoms with E-state index < -0.39 is 0 Å². The molecule has 0 amide bonds. The van der Waals surface area contributed by atoms with Gasteiger partial charge in [0.25, 0.3) is 0 Å². The van der Waals surface area contributed by atoms with E-state index in [9.17, 15) is 4.39 Å². The number of aromatic nitrogens is 2. The Morgan fingerprint density at radius 1 is 1.40 bits per heavy atom. The average molecular weight is 206 g/mol. The molecule has 0 atom stereocenters. The van der Waals surface area contributed by atoms with Crippen molar-refractivity contribution in [3.63, 3.8) is 0 Å². The Hall–Kier alpha value is -1.84. The second kappa shape index (κ2) is 3.73. The van der Waals surface area contributed by atoms with Crippen molar-refractivity contribution in [3.05, 3.63) is 42.0 Å². The Morgan fingerprint density at radius 3 is 2.80 bits per heavy atom. The number of rotatable bonds is 2. The fourth-order valence-electron chi connectivity index (χ4n) is 1.49. The van der Waals surface area contributed by atoms with Crippen LogP contribution < -0.4 is 4.74 Å². The first kappa shape index (κ1) is 9.71. The lowest BCUT2D eigenvalue weighted by Crippen LogP contribution is -2.01. The van der Waals surface area contributed by atoms with E-state index in [-0.39, 0.29) is 11.6 Å². The van der Waals surface area contributed by atoms with Gasteiger partial charge in [0.2, 0.25) is 0 Å². The molecule has 2 aromatic rings. The lowest BCUT2D eigenvalue weighted by molar-refractivity contribution is 0.383. The molecule has 0 bridgehead atoms. The van der Waals surface area contributed by atoms with Gasteiger partial charge in [-0.05, 0) is 30.7 Å². The van der Waals surface area contributed by atoms with Crippen LogP contribution in [-0.4, -0.2) is 16.9 Å². The Kier molecular flexibility index (Phi) is 2.41. The smallest absolute Gasteiger partial charge is 0.180 e. The molecule has 0 radical (unpaired) electrons. The van der Waals surface area contributed by atoms with Crippen LogP contribution in [0.5, 0.6) is 5.75 Å². The van der Waals surface area contributed by atoms with Gasteiger partial charge in [-0.3, -0.25) is 0 Å². The maximum Gasteiger partial charge on any atom is 0.180 e. The first-order valence-corrected chi connectivity index (χ1v) is 4.56. The van der Waals surface area contributed by atoms with Gasteiger partial charge in [0, 0.05) is 12.4 Å². The summed E-state index contributed by atoms with van der Waals surface area (Å²) in [5, 5.41) is 4.05. The fraction of sp³-hybridized carbons (Fsp3) is 0.182. The van der Waals surface area contributed by atoms with Crippen LogP contribution in [0.2, 0.25) is 0 Å². The van der Waals surface area contributed by atoms with Crippen molar-refractivity contribution in [2.45, 2.75) is 6.92 Å². The van der Waals surface area contributed by atoms with Crippen LogP contribution in [0, 0.1) is 12.7 Å². The summed E-state index contributed by atoms with van der Waals surface area (Å²) in [6, 6.07) is 5.04. The Labute approximate surface area is 87.1 Å². The summed E-state index contributed by atoms with van der Waals surface area (Å²) in [6.07, 6.45) is 3.39. The first-order valence-electron chi connectivity index (χ1n) is 4.56. The number of nitrogens with zero attached hydrogens (tertiary/aromatic N) is 2. The van der Waals surface area contributed by atoms with Crippen molar-refractivity contribution in [2.75, 3.05) is 7.11 Å². The SMILES string of the molecule is COc1c(F)cc(C)cc1-n1cccn1. The Morgan fingerprint density at radius 2 is 2.20 bits per heavy atom. The van der Waals surface area contributed by atoms with Crippen LogP contribution in [0.3, 0.4) is 0 Å². The van der Waals surface area contributed by atoms with Gasteiger partial charge in [-0.15, -0.1) is 0 Å². The molecule has 0 aliphatic carbocycles. The highest BCUT2D eigenvalue weighted by Crippen LogP contribution is 2.26. The standard InChI is InChI=1S/C11H11FN2O/c1-8-6-9(12)11(15-2)10(7-8)14-5-3-4-13-14/h3-7H,1-2H3.